The number of hydrogen-bond acceptors (Lipinski definition) is 5. The van der Waals surface area contributed by atoms with E-state index in [1.807, 2.05) is 0 Å². The molecular formula is C3H8K2NO4P. The van der Waals surface area contributed by atoms with Gasteiger partial charge in [0.1, 0.15) is 6.23 Å². The molecule has 0 rings (SSSR count). The van der Waals surface area contributed by atoms with Gasteiger partial charge in [-0.15, -0.1) is 0 Å². The first-order valence-electron chi connectivity index (χ1n) is 2.41. The Morgan fingerprint density at radius 1 is 1.55 bits per heavy atom. The van der Waals surface area contributed by atoms with Crippen molar-refractivity contribution in [3.63, 3.8) is 0 Å². The predicted molar refractivity (Wildman–Crippen MR) is 27.0 cm³/mol. The Kier molecular flexibility index (Phi) is 17.8. The molecule has 0 aliphatic rings. The quantitative estimate of drug-likeness (QED) is 0.295. The summed E-state index contributed by atoms with van der Waals surface area (Å²) in [4.78, 5) is 19.5. The summed E-state index contributed by atoms with van der Waals surface area (Å²) in [6.45, 7) is 1.61. The van der Waals surface area contributed by atoms with Gasteiger partial charge in [-0.05, 0) is 6.42 Å². The third kappa shape index (κ3) is 16.0. The molecule has 2 N–H and O–H groups in total. The third-order valence-electron chi connectivity index (χ3n) is 0.667. The van der Waals surface area contributed by atoms with E-state index in [1.54, 1.807) is 6.92 Å². The van der Waals surface area contributed by atoms with Crippen LogP contribution in [0.1, 0.15) is 13.3 Å². The molecule has 0 saturated heterocycles. The van der Waals surface area contributed by atoms with E-state index in [-0.39, 0.29) is 103 Å². The third-order valence-corrected chi connectivity index (χ3v) is 1.20. The summed E-state index contributed by atoms with van der Waals surface area (Å²) < 4.78 is 13.6. The zero-order valence-corrected chi connectivity index (χ0v) is 14.1. The maximum absolute atomic E-state index is 9.77. The van der Waals surface area contributed by atoms with Crippen LogP contribution in [0.4, 0.5) is 0 Å². The zero-order chi connectivity index (χ0) is 7.49. The molecule has 1 atom stereocenters. The molecule has 0 aromatic heterocycles. The molecule has 0 aromatic rings. The van der Waals surface area contributed by atoms with E-state index in [0.717, 1.165) is 0 Å². The van der Waals surface area contributed by atoms with Crippen LogP contribution in [0.15, 0.2) is 0 Å². The summed E-state index contributed by atoms with van der Waals surface area (Å²) in [5, 5.41) is 0. The second kappa shape index (κ2) is 9.88. The summed E-state index contributed by atoms with van der Waals surface area (Å²) in [6.07, 6.45) is -0.695. The molecule has 0 aromatic carbocycles. The number of nitrogens with two attached hydrogens (primary N) is 1. The molecule has 0 amide bonds. The minimum Gasteiger partial charge on any atom is -0.790 e. The molecule has 5 nitrogen and oxygen atoms in total. The van der Waals surface area contributed by atoms with E-state index in [2.05, 4.69) is 4.52 Å². The van der Waals surface area contributed by atoms with Gasteiger partial charge in [0.25, 0.3) is 0 Å². The fourth-order valence-corrected chi connectivity index (χ4v) is 0.721. The second-order valence-corrected chi connectivity index (χ2v) is 2.60. The number of rotatable bonds is 3. The second-order valence-electron chi connectivity index (χ2n) is 1.50. The van der Waals surface area contributed by atoms with E-state index < -0.39 is 14.1 Å². The molecule has 56 valence electrons. The zero-order valence-electron chi connectivity index (χ0n) is 6.94. The van der Waals surface area contributed by atoms with Crippen LogP contribution in [-0.4, -0.2) is 6.23 Å². The summed E-state index contributed by atoms with van der Waals surface area (Å²) in [6, 6.07) is 0. The van der Waals surface area contributed by atoms with Crippen LogP contribution in [0.3, 0.4) is 0 Å². The van der Waals surface area contributed by atoms with Gasteiger partial charge in [0.2, 0.25) is 0 Å². The molecular weight excluding hydrogens is 223 g/mol. The Hall–Kier alpha value is 3.34. The van der Waals surface area contributed by atoms with E-state index in [0.29, 0.717) is 6.42 Å². The van der Waals surface area contributed by atoms with Crippen LogP contribution in [0.5, 0.6) is 0 Å². The molecule has 0 aliphatic carbocycles. The average Bonchev–Trinajstić information content (AvgIpc) is 1.62. The van der Waals surface area contributed by atoms with E-state index in [1.165, 1.54) is 0 Å². The van der Waals surface area contributed by atoms with Crippen LogP contribution in [-0.2, 0) is 9.09 Å². The molecule has 8 heteroatoms. The van der Waals surface area contributed by atoms with Gasteiger partial charge in [0, 0.05) is 0 Å². The minimum atomic E-state index is -4.86. The maximum atomic E-state index is 9.77. The first kappa shape index (κ1) is 19.8. The Balaban J connectivity index is -0.000000320. The van der Waals surface area contributed by atoms with Gasteiger partial charge < -0.3 is 24.6 Å². The van der Waals surface area contributed by atoms with Gasteiger partial charge in [0.05, 0.1) is 7.82 Å². The average molecular weight is 231 g/mol. The molecule has 11 heavy (non-hydrogen) atoms. The molecule has 0 fully saturated rings. The van der Waals surface area contributed by atoms with Gasteiger partial charge in [-0.25, -0.2) is 0 Å². The molecule has 0 radical (unpaired) electrons. The summed E-state index contributed by atoms with van der Waals surface area (Å²) in [7, 11) is -4.86. The van der Waals surface area contributed by atoms with Crippen molar-refractivity contribution in [1.29, 1.82) is 0 Å². The van der Waals surface area contributed by atoms with Crippen LogP contribution >= 0.6 is 7.82 Å². The van der Waals surface area contributed by atoms with Crippen LogP contribution < -0.4 is 118 Å². The van der Waals surface area contributed by atoms with Gasteiger partial charge >= 0.3 is 103 Å². The molecule has 1 unspecified atom stereocenters. The van der Waals surface area contributed by atoms with Crippen LogP contribution in [0.25, 0.3) is 0 Å². The standard InChI is InChI=1S/C3H10NO4P.2K/c1-2-3(4)8-9(5,6)7;;/h3H,2,4H2,1H3,(H2,5,6,7);;/q;2*+1/p-2. The molecule has 0 bridgehead atoms. The Morgan fingerprint density at radius 3 is 2.00 bits per heavy atom. The van der Waals surface area contributed by atoms with Gasteiger partial charge in [-0.3, -0.25) is 0 Å². The first-order valence-corrected chi connectivity index (χ1v) is 3.88. The van der Waals surface area contributed by atoms with Gasteiger partial charge in [-0.1, -0.05) is 6.92 Å². The van der Waals surface area contributed by atoms with Crippen LogP contribution in [0.2, 0.25) is 0 Å². The van der Waals surface area contributed by atoms with Crippen molar-refractivity contribution in [3.8, 4) is 0 Å². The van der Waals surface area contributed by atoms with E-state index in [9.17, 15) is 14.4 Å². The largest absolute Gasteiger partial charge is 1.00 e. The van der Waals surface area contributed by atoms with Crippen molar-refractivity contribution in [2.75, 3.05) is 0 Å². The molecule has 0 spiro atoms. The smallest absolute Gasteiger partial charge is 0.790 e. The van der Waals surface area contributed by atoms with Gasteiger partial charge in [-0.2, -0.15) is 0 Å². The SMILES string of the molecule is CCC(N)OP(=O)([O-])[O-].[K+].[K+]. The van der Waals surface area contributed by atoms with Crippen molar-refractivity contribution in [1.82, 2.24) is 0 Å². The topological polar surface area (TPSA) is 98.4 Å². The Bertz CT molecular complexity index is 129. The van der Waals surface area contributed by atoms with Gasteiger partial charge in [0.15, 0.2) is 0 Å². The monoisotopic (exact) mass is 231 g/mol. The normalized spacial score (nSPS) is 12.7. The molecule has 0 heterocycles. The predicted octanol–water partition coefficient (Wildman–Crippen LogP) is -7.47. The van der Waals surface area contributed by atoms with Crippen molar-refractivity contribution in [2.24, 2.45) is 5.73 Å². The maximum Gasteiger partial charge on any atom is 1.00 e. The summed E-state index contributed by atoms with van der Waals surface area (Å²) in [5.74, 6) is 0. The van der Waals surface area contributed by atoms with E-state index in [4.69, 9.17) is 5.73 Å². The fraction of sp³-hybridized carbons (Fsp3) is 1.00. The number of phosphoric ester groups is 1. The van der Waals surface area contributed by atoms with Crippen molar-refractivity contribution < 1.29 is 122 Å². The minimum absolute atomic E-state index is 0. The fourth-order valence-electron chi connectivity index (χ4n) is 0.240. The molecule has 0 aliphatic heterocycles. The first-order chi connectivity index (χ1) is 3.95. The van der Waals surface area contributed by atoms with E-state index >= 15 is 0 Å². The Labute approximate surface area is 151 Å². The summed E-state index contributed by atoms with van der Waals surface area (Å²) >= 11 is 0. The summed E-state index contributed by atoms with van der Waals surface area (Å²) in [5.41, 5.74) is 4.96. The number of hydrogen-bond donors (Lipinski definition) is 1. The molecule has 0 saturated carbocycles. The van der Waals surface area contributed by atoms with Crippen LogP contribution in [0, 0.1) is 0 Å². The van der Waals surface area contributed by atoms with Crippen molar-refractivity contribution in [2.45, 2.75) is 19.6 Å². The van der Waals surface area contributed by atoms with Crippen molar-refractivity contribution >= 4 is 7.82 Å². The van der Waals surface area contributed by atoms with Crippen molar-refractivity contribution in [3.05, 3.63) is 0 Å². The number of phosphoric acid groups is 1. The Morgan fingerprint density at radius 2 is 1.91 bits per heavy atom.